The van der Waals surface area contributed by atoms with Crippen LogP contribution in [0.5, 0.6) is 0 Å². The molecule has 0 aliphatic carbocycles. The SMILES string of the molecule is IC1=C(c2sccc2I)SCC1. The third-order valence-corrected chi connectivity index (χ3v) is 6.56. The molecule has 0 amide bonds. The topological polar surface area (TPSA) is 0 Å². The van der Waals surface area contributed by atoms with E-state index in [4.69, 9.17) is 0 Å². The molecule has 0 aromatic carbocycles. The van der Waals surface area contributed by atoms with Crippen molar-refractivity contribution in [1.82, 2.24) is 0 Å². The quantitative estimate of drug-likeness (QED) is 0.600. The highest BCUT2D eigenvalue weighted by atomic mass is 127. The van der Waals surface area contributed by atoms with E-state index in [2.05, 4.69) is 56.6 Å². The number of allylic oxidation sites excluding steroid dienone is 1. The summed E-state index contributed by atoms with van der Waals surface area (Å²) < 4.78 is 2.94. The van der Waals surface area contributed by atoms with Gasteiger partial charge in [-0.2, -0.15) is 0 Å². The molecule has 0 N–H and O–H groups in total. The van der Waals surface area contributed by atoms with Crippen LogP contribution in [0.2, 0.25) is 0 Å². The van der Waals surface area contributed by atoms with Crippen LogP contribution >= 0.6 is 68.3 Å². The Hall–Kier alpha value is 1.25. The zero-order chi connectivity index (χ0) is 8.55. The summed E-state index contributed by atoms with van der Waals surface area (Å²) in [5, 5.41) is 2.17. The van der Waals surface area contributed by atoms with Gasteiger partial charge >= 0.3 is 0 Å². The molecule has 1 aromatic heterocycles. The second-order valence-corrected chi connectivity index (χ2v) is 6.92. The molecule has 0 saturated carbocycles. The molecule has 2 heterocycles. The summed E-state index contributed by atoms with van der Waals surface area (Å²) in [6.45, 7) is 0. The summed E-state index contributed by atoms with van der Waals surface area (Å²) in [7, 11) is 0. The number of hydrogen-bond acceptors (Lipinski definition) is 2. The van der Waals surface area contributed by atoms with E-state index in [1.54, 1.807) is 0 Å². The van der Waals surface area contributed by atoms with Crippen molar-refractivity contribution in [2.75, 3.05) is 5.75 Å². The maximum Gasteiger partial charge on any atom is 0.0547 e. The summed E-state index contributed by atoms with van der Waals surface area (Å²) >= 11 is 8.75. The fraction of sp³-hybridized carbons (Fsp3) is 0.250. The molecular formula is C8H6I2S2. The van der Waals surface area contributed by atoms with E-state index in [0.29, 0.717) is 0 Å². The van der Waals surface area contributed by atoms with Gasteiger partial charge in [0.25, 0.3) is 0 Å². The highest BCUT2D eigenvalue weighted by molar-refractivity contribution is 14.1. The van der Waals surface area contributed by atoms with Gasteiger partial charge in [-0.25, -0.2) is 0 Å². The third kappa shape index (κ3) is 1.85. The van der Waals surface area contributed by atoms with Gasteiger partial charge in [0, 0.05) is 17.8 Å². The second-order valence-electron chi connectivity index (χ2n) is 2.43. The zero-order valence-electron chi connectivity index (χ0n) is 6.14. The van der Waals surface area contributed by atoms with Crippen LogP contribution in [0.4, 0.5) is 0 Å². The highest BCUT2D eigenvalue weighted by Crippen LogP contribution is 2.45. The molecule has 0 bridgehead atoms. The summed E-state index contributed by atoms with van der Waals surface area (Å²) in [5.41, 5.74) is 0. The molecule has 0 unspecified atom stereocenters. The van der Waals surface area contributed by atoms with Crippen molar-refractivity contribution in [3.63, 3.8) is 0 Å². The van der Waals surface area contributed by atoms with Crippen molar-refractivity contribution in [3.05, 3.63) is 23.5 Å². The van der Waals surface area contributed by atoms with Crippen molar-refractivity contribution in [1.29, 1.82) is 0 Å². The predicted molar refractivity (Wildman–Crippen MR) is 75.1 cm³/mol. The number of halogens is 2. The summed E-state index contributed by atoms with van der Waals surface area (Å²) in [6.07, 6.45) is 1.26. The first-order valence-corrected chi connectivity index (χ1v) is 7.56. The molecule has 0 fully saturated rings. The maximum atomic E-state index is 2.47. The molecule has 1 aromatic rings. The minimum Gasteiger partial charge on any atom is -0.142 e. The normalized spacial score (nSPS) is 17.5. The average molecular weight is 420 g/mol. The Morgan fingerprint density at radius 3 is 2.67 bits per heavy atom. The number of rotatable bonds is 1. The zero-order valence-corrected chi connectivity index (χ0v) is 12.1. The second kappa shape index (κ2) is 4.18. The average Bonchev–Trinajstić information content (AvgIpc) is 2.59. The minimum absolute atomic E-state index is 1.26. The lowest BCUT2D eigenvalue weighted by Crippen LogP contribution is -1.74. The van der Waals surface area contributed by atoms with Gasteiger partial charge in [0.05, 0.1) is 4.88 Å². The van der Waals surface area contributed by atoms with Crippen molar-refractivity contribution in [3.8, 4) is 0 Å². The highest BCUT2D eigenvalue weighted by Gasteiger charge is 2.17. The van der Waals surface area contributed by atoms with Crippen LogP contribution in [0.3, 0.4) is 0 Å². The van der Waals surface area contributed by atoms with E-state index in [0.717, 1.165) is 0 Å². The summed E-state index contributed by atoms with van der Waals surface area (Å²) in [6, 6.07) is 2.19. The number of thioether (sulfide) groups is 1. The monoisotopic (exact) mass is 420 g/mol. The summed E-state index contributed by atoms with van der Waals surface area (Å²) in [4.78, 5) is 3.00. The van der Waals surface area contributed by atoms with E-state index in [1.807, 2.05) is 23.1 Å². The smallest absolute Gasteiger partial charge is 0.0547 e. The van der Waals surface area contributed by atoms with Gasteiger partial charge in [-0.3, -0.25) is 0 Å². The van der Waals surface area contributed by atoms with E-state index >= 15 is 0 Å². The lowest BCUT2D eigenvalue weighted by atomic mass is 10.3. The number of hydrogen-bond donors (Lipinski definition) is 0. The van der Waals surface area contributed by atoms with Gasteiger partial charge in [-0.15, -0.1) is 23.1 Å². The van der Waals surface area contributed by atoms with Crippen molar-refractivity contribution in [2.24, 2.45) is 0 Å². The maximum absolute atomic E-state index is 2.47. The summed E-state index contributed by atoms with van der Waals surface area (Å²) in [5.74, 6) is 1.27. The van der Waals surface area contributed by atoms with Gasteiger partial charge in [-0.05, 0) is 63.0 Å². The van der Waals surface area contributed by atoms with Crippen LogP contribution in [0.15, 0.2) is 15.0 Å². The first kappa shape index (κ1) is 9.79. The molecule has 0 radical (unpaired) electrons. The fourth-order valence-corrected chi connectivity index (χ4v) is 5.97. The molecule has 4 heteroatoms. The van der Waals surface area contributed by atoms with Crippen LogP contribution in [0.25, 0.3) is 4.91 Å². The predicted octanol–water partition coefficient (Wildman–Crippen LogP) is 4.59. The van der Waals surface area contributed by atoms with E-state index in [-0.39, 0.29) is 0 Å². The van der Waals surface area contributed by atoms with Crippen LogP contribution in [-0.2, 0) is 0 Å². The Bertz CT molecular complexity index is 328. The molecule has 64 valence electrons. The van der Waals surface area contributed by atoms with Crippen LogP contribution < -0.4 is 0 Å². The first-order chi connectivity index (χ1) is 5.79. The van der Waals surface area contributed by atoms with Gasteiger partial charge < -0.3 is 0 Å². The van der Waals surface area contributed by atoms with Crippen LogP contribution in [0, 0.1) is 3.57 Å². The lowest BCUT2D eigenvalue weighted by Gasteiger charge is -1.98. The van der Waals surface area contributed by atoms with E-state index in [1.165, 1.54) is 29.1 Å². The molecule has 1 aliphatic heterocycles. The van der Waals surface area contributed by atoms with Gasteiger partial charge in [0.2, 0.25) is 0 Å². The molecular weight excluding hydrogens is 414 g/mol. The molecule has 0 spiro atoms. The minimum atomic E-state index is 1.26. The van der Waals surface area contributed by atoms with Crippen LogP contribution in [0.1, 0.15) is 11.3 Å². The van der Waals surface area contributed by atoms with Gasteiger partial charge in [0.15, 0.2) is 0 Å². The van der Waals surface area contributed by atoms with Gasteiger partial charge in [-0.1, -0.05) is 0 Å². The molecule has 2 rings (SSSR count). The Morgan fingerprint density at radius 1 is 1.33 bits per heavy atom. The lowest BCUT2D eigenvalue weighted by molar-refractivity contribution is 1.27. The Kier molecular flexibility index (Phi) is 3.41. The first-order valence-electron chi connectivity index (χ1n) is 3.54. The molecule has 1 aliphatic rings. The Balaban J connectivity index is 2.43. The van der Waals surface area contributed by atoms with E-state index in [9.17, 15) is 0 Å². The van der Waals surface area contributed by atoms with Crippen molar-refractivity contribution < 1.29 is 0 Å². The Labute approximate surface area is 107 Å². The molecule has 12 heavy (non-hydrogen) atoms. The largest absolute Gasteiger partial charge is 0.142 e. The van der Waals surface area contributed by atoms with Crippen LogP contribution in [-0.4, -0.2) is 5.75 Å². The molecule has 0 atom stereocenters. The molecule has 0 saturated heterocycles. The molecule has 0 nitrogen and oxygen atoms in total. The van der Waals surface area contributed by atoms with Crippen molar-refractivity contribution in [2.45, 2.75) is 6.42 Å². The van der Waals surface area contributed by atoms with Crippen molar-refractivity contribution >= 4 is 73.2 Å². The fourth-order valence-electron chi connectivity index (χ4n) is 1.08. The van der Waals surface area contributed by atoms with E-state index < -0.39 is 0 Å². The third-order valence-electron chi connectivity index (χ3n) is 1.64. The standard InChI is InChI=1S/C8H6I2S2/c9-5-1-3-11-7(5)8-6(10)2-4-12-8/h1,3H,2,4H2. The Morgan fingerprint density at radius 2 is 2.17 bits per heavy atom. The number of thiophene rings is 1. The van der Waals surface area contributed by atoms with Gasteiger partial charge in [0.1, 0.15) is 0 Å².